The number of benzene rings is 2. The molecule has 0 saturated carbocycles. The molecule has 1 saturated heterocycles. The molecule has 0 aromatic heterocycles. The zero-order valence-corrected chi connectivity index (χ0v) is 16.8. The minimum absolute atomic E-state index is 0.00929. The summed E-state index contributed by atoms with van der Waals surface area (Å²) in [6.45, 7) is 1.96. The van der Waals surface area contributed by atoms with E-state index in [1.807, 2.05) is 19.1 Å². The molecule has 0 spiro atoms. The first-order valence-electron chi connectivity index (χ1n) is 8.94. The molecule has 2 aromatic carbocycles. The molecular weight excluding hydrogens is 390 g/mol. The van der Waals surface area contributed by atoms with Gasteiger partial charge in [0.2, 0.25) is 11.8 Å². The molecular formula is C21H21N3O4S. The van der Waals surface area contributed by atoms with Crippen LogP contribution in [0.2, 0.25) is 0 Å². The summed E-state index contributed by atoms with van der Waals surface area (Å²) < 4.78 is 5.12. The normalized spacial score (nSPS) is 17.0. The summed E-state index contributed by atoms with van der Waals surface area (Å²) in [5.41, 5.74) is 2.35. The highest BCUT2D eigenvalue weighted by molar-refractivity contribution is 8.04. The van der Waals surface area contributed by atoms with Crippen molar-refractivity contribution in [2.24, 2.45) is 0 Å². The van der Waals surface area contributed by atoms with Crippen molar-refractivity contribution in [1.29, 1.82) is 0 Å². The third-order valence-electron chi connectivity index (χ3n) is 4.11. The van der Waals surface area contributed by atoms with Crippen LogP contribution in [0.5, 0.6) is 5.75 Å². The minimum Gasteiger partial charge on any atom is -0.497 e. The molecule has 7 nitrogen and oxygen atoms in total. The third-order valence-corrected chi connectivity index (χ3v) is 5.25. The summed E-state index contributed by atoms with van der Waals surface area (Å²) in [6, 6.07) is 14.4. The molecule has 1 aliphatic heterocycles. The fraction of sp³-hybridized carbons (Fsp3) is 0.190. The predicted molar refractivity (Wildman–Crippen MR) is 114 cm³/mol. The van der Waals surface area contributed by atoms with Gasteiger partial charge >= 0.3 is 0 Å². The number of ether oxygens (including phenoxy) is 1. The van der Waals surface area contributed by atoms with Crippen molar-refractivity contribution < 1.29 is 19.1 Å². The Hall–Kier alpha value is -3.26. The number of aryl methyl sites for hydroxylation is 1. The standard InChI is InChI=1S/C21H21N3O4S/c1-13-6-8-14(9-7-13)22-19(26)12-20-24-21(27)17(29-20)11-18(25)23-15-4-3-5-16(10-15)28-2/h3-10,12,17H,11H2,1-2H3,(H,22,26)(H,23,25)(H,24,27)/b20-12-/t17-/m0/s1. The van der Waals surface area contributed by atoms with Crippen molar-refractivity contribution in [2.75, 3.05) is 17.7 Å². The molecule has 0 bridgehead atoms. The van der Waals surface area contributed by atoms with E-state index in [0.29, 0.717) is 22.2 Å². The van der Waals surface area contributed by atoms with Crippen LogP contribution in [-0.4, -0.2) is 30.1 Å². The van der Waals surface area contributed by atoms with Gasteiger partial charge in [-0.05, 0) is 31.2 Å². The Bertz CT molecular complexity index is 957. The summed E-state index contributed by atoms with van der Waals surface area (Å²) in [6.07, 6.45) is 1.31. The van der Waals surface area contributed by atoms with Crippen LogP contribution in [0.4, 0.5) is 11.4 Å². The first-order chi connectivity index (χ1) is 13.9. The lowest BCUT2D eigenvalue weighted by atomic mass is 10.2. The second-order valence-corrected chi connectivity index (χ2v) is 7.69. The van der Waals surface area contributed by atoms with Crippen LogP contribution in [0.3, 0.4) is 0 Å². The van der Waals surface area contributed by atoms with Crippen LogP contribution in [0.25, 0.3) is 0 Å². The van der Waals surface area contributed by atoms with Gasteiger partial charge in [0.1, 0.15) is 5.75 Å². The fourth-order valence-electron chi connectivity index (χ4n) is 2.66. The van der Waals surface area contributed by atoms with Crippen molar-refractivity contribution in [3.8, 4) is 5.75 Å². The number of nitrogens with one attached hydrogen (secondary N) is 3. The lowest BCUT2D eigenvalue weighted by Crippen LogP contribution is -2.26. The van der Waals surface area contributed by atoms with Gasteiger partial charge in [-0.25, -0.2) is 0 Å². The second kappa shape index (κ2) is 9.29. The number of hydrogen-bond acceptors (Lipinski definition) is 5. The molecule has 29 heavy (non-hydrogen) atoms. The van der Waals surface area contributed by atoms with Gasteiger partial charge in [-0.2, -0.15) is 0 Å². The SMILES string of the molecule is COc1cccc(NC(=O)C[C@@H]2S/C(=C\C(=O)Nc3ccc(C)cc3)NC2=O)c1. The largest absolute Gasteiger partial charge is 0.497 e. The Labute approximate surface area is 172 Å². The molecule has 2 aromatic rings. The smallest absolute Gasteiger partial charge is 0.250 e. The van der Waals surface area contributed by atoms with Gasteiger partial charge in [-0.15, -0.1) is 0 Å². The Morgan fingerprint density at radius 2 is 1.90 bits per heavy atom. The van der Waals surface area contributed by atoms with E-state index in [0.717, 1.165) is 17.3 Å². The van der Waals surface area contributed by atoms with E-state index in [-0.39, 0.29) is 24.1 Å². The number of carbonyl (C=O) groups excluding carboxylic acids is 3. The summed E-state index contributed by atoms with van der Waals surface area (Å²) in [5, 5.41) is 7.94. The molecule has 1 atom stereocenters. The quantitative estimate of drug-likeness (QED) is 0.635. The molecule has 1 fully saturated rings. The Morgan fingerprint density at radius 3 is 2.62 bits per heavy atom. The molecule has 0 radical (unpaired) electrons. The maximum Gasteiger partial charge on any atom is 0.250 e. The second-order valence-electron chi connectivity index (χ2n) is 6.44. The van der Waals surface area contributed by atoms with E-state index in [1.165, 1.54) is 6.08 Å². The number of carbonyl (C=O) groups is 3. The van der Waals surface area contributed by atoms with E-state index >= 15 is 0 Å². The van der Waals surface area contributed by atoms with Crippen LogP contribution < -0.4 is 20.7 Å². The van der Waals surface area contributed by atoms with Crippen molar-refractivity contribution in [3.63, 3.8) is 0 Å². The van der Waals surface area contributed by atoms with Crippen LogP contribution in [0.1, 0.15) is 12.0 Å². The van der Waals surface area contributed by atoms with Gasteiger partial charge in [-0.3, -0.25) is 14.4 Å². The van der Waals surface area contributed by atoms with E-state index in [2.05, 4.69) is 16.0 Å². The molecule has 1 aliphatic rings. The van der Waals surface area contributed by atoms with E-state index in [1.54, 1.807) is 43.5 Å². The maximum atomic E-state index is 12.3. The number of methoxy groups -OCH3 is 1. The van der Waals surface area contributed by atoms with Crippen molar-refractivity contribution in [2.45, 2.75) is 18.6 Å². The Kier molecular flexibility index (Phi) is 6.56. The molecule has 0 aliphatic carbocycles. The number of hydrogen-bond donors (Lipinski definition) is 3. The maximum absolute atomic E-state index is 12.3. The lowest BCUT2D eigenvalue weighted by molar-refractivity contribution is -0.122. The van der Waals surface area contributed by atoms with Crippen molar-refractivity contribution in [1.82, 2.24) is 5.32 Å². The zero-order chi connectivity index (χ0) is 20.8. The highest BCUT2D eigenvalue weighted by Gasteiger charge is 2.31. The monoisotopic (exact) mass is 411 g/mol. The molecule has 3 rings (SSSR count). The first-order valence-corrected chi connectivity index (χ1v) is 9.81. The van der Waals surface area contributed by atoms with Crippen molar-refractivity contribution in [3.05, 3.63) is 65.2 Å². The van der Waals surface area contributed by atoms with Crippen molar-refractivity contribution >= 4 is 40.9 Å². The minimum atomic E-state index is -0.598. The number of rotatable bonds is 6. The highest BCUT2D eigenvalue weighted by atomic mass is 32.2. The van der Waals surface area contributed by atoms with Gasteiger partial charge < -0.3 is 20.7 Å². The number of anilines is 2. The van der Waals surface area contributed by atoms with Gasteiger partial charge in [0, 0.05) is 29.9 Å². The average Bonchev–Trinajstić information content (AvgIpc) is 3.02. The fourth-order valence-corrected chi connectivity index (χ4v) is 3.70. The summed E-state index contributed by atoms with van der Waals surface area (Å²) in [5.74, 6) is -0.319. The zero-order valence-electron chi connectivity index (χ0n) is 16.0. The number of thioether (sulfide) groups is 1. The molecule has 8 heteroatoms. The summed E-state index contributed by atoms with van der Waals surface area (Å²) in [7, 11) is 1.54. The predicted octanol–water partition coefficient (Wildman–Crippen LogP) is 3.04. The third kappa shape index (κ3) is 5.86. The Balaban J connectivity index is 1.54. The van der Waals surface area contributed by atoms with Crippen LogP contribution in [0, 0.1) is 6.92 Å². The number of amides is 3. The highest BCUT2D eigenvalue weighted by Crippen LogP contribution is 2.29. The van der Waals surface area contributed by atoms with Crippen LogP contribution in [0.15, 0.2) is 59.6 Å². The van der Waals surface area contributed by atoms with Crippen LogP contribution >= 0.6 is 11.8 Å². The van der Waals surface area contributed by atoms with Gasteiger partial charge in [0.05, 0.1) is 17.4 Å². The molecule has 0 unspecified atom stereocenters. The average molecular weight is 411 g/mol. The molecule has 3 amide bonds. The van der Waals surface area contributed by atoms with E-state index in [9.17, 15) is 14.4 Å². The van der Waals surface area contributed by atoms with Crippen LogP contribution in [-0.2, 0) is 14.4 Å². The topological polar surface area (TPSA) is 96.5 Å². The van der Waals surface area contributed by atoms with Gasteiger partial charge in [0.15, 0.2) is 0 Å². The molecule has 150 valence electrons. The van der Waals surface area contributed by atoms with Gasteiger partial charge in [-0.1, -0.05) is 35.5 Å². The molecule has 1 heterocycles. The lowest BCUT2D eigenvalue weighted by Gasteiger charge is -2.08. The van der Waals surface area contributed by atoms with E-state index in [4.69, 9.17) is 4.74 Å². The summed E-state index contributed by atoms with van der Waals surface area (Å²) >= 11 is 1.16. The van der Waals surface area contributed by atoms with E-state index < -0.39 is 5.25 Å². The summed E-state index contributed by atoms with van der Waals surface area (Å²) in [4.78, 5) is 36.6. The Morgan fingerprint density at radius 1 is 1.14 bits per heavy atom. The molecule has 3 N–H and O–H groups in total. The van der Waals surface area contributed by atoms with Gasteiger partial charge in [0.25, 0.3) is 5.91 Å². The first kappa shape index (κ1) is 20.5.